The molecule has 2 aliphatic carbocycles. The van der Waals surface area contributed by atoms with Gasteiger partial charge in [0, 0.05) is 5.54 Å². The van der Waals surface area contributed by atoms with Crippen molar-refractivity contribution >= 4 is 31.4 Å². The van der Waals surface area contributed by atoms with Gasteiger partial charge in [-0.05, 0) is 64.4 Å². The van der Waals surface area contributed by atoms with Crippen LogP contribution in [0.1, 0.15) is 126 Å². The van der Waals surface area contributed by atoms with Gasteiger partial charge in [-0.2, -0.15) is 0 Å². The number of hydrogen-bond acceptors (Lipinski definition) is 1. The minimum atomic E-state index is -2.27. The van der Waals surface area contributed by atoms with Crippen molar-refractivity contribution in [1.29, 1.82) is 0 Å². The molecule has 0 saturated heterocycles. The van der Waals surface area contributed by atoms with E-state index < -0.39 is 29.2 Å². The molecule has 0 aliphatic heterocycles. The Bertz CT molecular complexity index is 1430. The second kappa shape index (κ2) is 18.7. The van der Waals surface area contributed by atoms with Gasteiger partial charge in [0.15, 0.2) is 0 Å². The van der Waals surface area contributed by atoms with Crippen LogP contribution in [0.5, 0.6) is 5.75 Å². The standard InChI is InChI=1S/C40H54NOSi.CH3.2ClH.Zr/c1-8-10-22-37(41-32-17-12-11-13-18-32)35-19-14-15-23-38(35)42-43(6,7)39-29(9-2)28-36-33(20-16-21-34(36)39)30-24-26-31(27-25-30)40(3,4)5;;;;/h14-16,19-21,23-28,32,37,39H,8-13,17-18,22H2,1-7H3;1H3;2*1H;/q2*-1;;;+4/p-2. The van der Waals surface area contributed by atoms with Crippen LogP contribution < -0.4 is 4.43 Å². The Kier molecular flexibility index (Phi) is 16.0. The average Bonchev–Trinajstić information content (AvgIpc) is 3.44. The van der Waals surface area contributed by atoms with Crippen LogP contribution in [0.2, 0.25) is 13.1 Å². The number of para-hydroxylation sites is 1. The fourth-order valence-electron chi connectivity index (χ4n) is 7.38. The molecule has 0 aromatic heterocycles. The fourth-order valence-corrected chi connectivity index (χ4v) is 10.4. The molecule has 2 atom stereocenters. The van der Waals surface area contributed by atoms with E-state index >= 15 is 0 Å². The van der Waals surface area contributed by atoms with Crippen LogP contribution in [0.25, 0.3) is 22.5 Å². The predicted molar refractivity (Wildman–Crippen MR) is 207 cm³/mol. The Morgan fingerprint density at radius 2 is 1.57 bits per heavy atom. The number of nitrogens with zero attached hydrogens (tertiary/aromatic N) is 1. The first kappa shape index (κ1) is 40.3. The van der Waals surface area contributed by atoms with E-state index in [-0.39, 0.29) is 18.9 Å². The van der Waals surface area contributed by atoms with Crippen molar-refractivity contribution in [2.45, 2.75) is 129 Å². The van der Waals surface area contributed by atoms with Crippen molar-refractivity contribution in [3.63, 3.8) is 0 Å². The van der Waals surface area contributed by atoms with Crippen LogP contribution in [0, 0.1) is 7.43 Å². The van der Waals surface area contributed by atoms with Crippen molar-refractivity contribution in [2.75, 3.05) is 0 Å². The average molecular weight is 770 g/mol. The molecule has 0 N–H and O–H groups in total. The van der Waals surface area contributed by atoms with Crippen LogP contribution in [-0.4, -0.2) is 14.4 Å². The summed E-state index contributed by atoms with van der Waals surface area (Å²) in [7, 11) is 7.59. The van der Waals surface area contributed by atoms with E-state index in [0.717, 1.165) is 18.6 Å². The zero-order chi connectivity index (χ0) is 33.3. The van der Waals surface area contributed by atoms with Crippen LogP contribution in [0.15, 0.2) is 72.3 Å². The number of hydrogen-bond donors (Lipinski definition) is 0. The Labute approximate surface area is 307 Å². The molecule has 254 valence electrons. The van der Waals surface area contributed by atoms with Crippen LogP contribution in [-0.2, 0) is 26.3 Å². The summed E-state index contributed by atoms with van der Waals surface area (Å²) in [6.07, 6.45) is 13.5. The summed E-state index contributed by atoms with van der Waals surface area (Å²) in [5.41, 5.74) is 10.1. The van der Waals surface area contributed by atoms with Gasteiger partial charge in [-0.3, -0.25) is 0 Å². The predicted octanol–water partition coefficient (Wildman–Crippen LogP) is 14.1. The molecule has 5 rings (SSSR count). The summed E-state index contributed by atoms with van der Waals surface area (Å²) in [6.45, 7) is 16.3. The first-order valence-corrected chi connectivity index (χ1v) is 26.7. The Morgan fingerprint density at radius 3 is 2.19 bits per heavy atom. The van der Waals surface area contributed by atoms with E-state index in [1.54, 1.807) is 0 Å². The first-order chi connectivity index (χ1) is 22.0. The zero-order valence-corrected chi connectivity index (χ0v) is 35.1. The molecular weight excluding hydrogens is 713 g/mol. The molecule has 3 aromatic carbocycles. The third kappa shape index (κ3) is 10.4. The summed E-state index contributed by atoms with van der Waals surface area (Å²) >= 11 is -0.826. The van der Waals surface area contributed by atoms with Crippen LogP contribution in [0.4, 0.5) is 0 Å². The molecule has 3 aromatic rings. The molecule has 0 bridgehead atoms. The molecular formula is C41H57Cl2NOSiZr. The molecule has 2 nitrogen and oxygen atoms in total. The van der Waals surface area contributed by atoms with Crippen LogP contribution >= 0.6 is 17.0 Å². The molecule has 0 amide bonds. The van der Waals surface area contributed by atoms with Gasteiger partial charge in [0.25, 0.3) is 8.32 Å². The van der Waals surface area contributed by atoms with Crippen molar-refractivity contribution in [3.8, 4) is 16.9 Å². The normalized spacial score (nSPS) is 17.0. The monoisotopic (exact) mass is 767 g/mol. The van der Waals surface area contributed by atoms with Crippen molar-refractivity contribution in [2.24, 2.45) is 0 Å². The van der Waals surface area contributed by atoms with Crippen molar-refractivity contribution < 1.29 is 25.3 Å². The molecule has 6 heteroatoms. The molecule has 0 spiro atoms. The van der Waals surface area contributed by atoms with Gasteiger partial charge in [0.1, 0.15) is 5.75 Å². The molecule has 1 saturated carbocycles. The van der Waals surface area contributed by atoms with E-state index in [1.165, 1.54) is 83.9 Å². The number of halogens is 2. The summed E-state index contributed by atoms with van der Waals surface area (Å²) in [6, 6.07) is 25.7. The third-order valence-corrected chi connectivity index (χ3v) is 12.6. The quantitative estimate of drug-likeness (QED) is 0.141. The van der Waals surface area contributed by atoms with E-state index in [4.69, 9.17) is 26.8 Å². The van der Waals surface area contributed by atoms with E-state index in [1.807, 2.05) is 0 Å². The van der Waals surface area contributed by atoms with Gasteiger partial charge >= 0.3 is 37.9 Å². The number of unbranched alkanes of at least 4 members (excludes halogenated alkanes) is 1. The number of allylic oxidation sites excluding steroid dienone is 1. The van der Waals surface area contributed by atoms with E-state index in [9.17, 15) is 0 Å². The maximum atomic E-state index is 7.29. The first-order valence-electron chi connectivity index (χ1n) is 17.4. The van der Waals surface area contributed by atoms with Crippen molar-refractivity contribution in [3.05, 3.63) is 107 Å². The Morgan fingerprint density at radius 1 is 0.915 bits per heavy atom. The second-order valence-electron chi connectivity index (χ2n) is 14.6. The van der Waals surface area contributed by atoms with Gasteiger partial charge in [-0.15, -0.1) is 12.1 Å². The molecule has 47 heavy (non-hydrogen) atoms. The Hall–Kier alpha value is -1.16. The number of rotatable bonds is 11. The SMILES string of the molecule is CCCCC([N-]C1CCCCC1)c1ccccc1O[Si](C)(C)C1C(CC)=Cc2c(-c3ccc(C(C)(C)C)cc3)cccc21.[CH3-].[Cl][Zr+2][Cl]. The van der Waals surface area contributed by atoms with Gasteiger partial charge < -0.3 is 17.2 Å². The molecule has 0 radical (unpaired) electrons. The van der Waals surface area contributed by atoms with Gasteiger partial charge in [-0.25, -0.2) is 0 Å². The fraction of sp³-hybridized carbons (Fsp3) is 0.488. The number of fused-ring (bicyclic) bond motifs is 1. The summed E-state index contributed by atoms with van der Waals surface area (Å²) in [5.74, 6) is 1.07. The van der Waals surface area contributed by atoms with Gasteiger partial charge in [0.05, 0.1) is 0 Å². The zero-order valence-electron chi connectivity index (χ0n) is 30.1. The summed E-state index contributed by atoms with van der Waals surface area (Å²) in [4.78, 5) is 0. The van der Waals surface area contributed by atoms with Crippen LogP contribution in [0.3, 0.4) is 0 Å². The second-order valence-corrected chi connectivity index (χ2v) is 22.3. The molecule has 2 unspecified atom stereocenters. The topological polar surface area (TPSA) is 23.3 Å². The maximum absolute atomic E-state index is 7.29. The third-order valence-electron chi connectivity index (χ3n) is 9.76. The molecule has 2 aliphatic rings. The summed E-state index contributed by atoms with van der Waals surface area (Å²) in [5, 5.41) is 5.49. The summed E-state index contributed by atoms with van der Waals surface area (Å²) < 4.78 is 7.29. The van der Waals surface area contributed by atoms with E-state index in [2.05, 4.69) is 121 Å². The van der Waals surface area contributed by atoms with E-state index in [0.29, 0.717) is 11.6 Å². The van der Waals surface area contributed by atoms with Gasteiger partial charge in [0.2, 0.25) is 0 Å². The van der Waals surface area contributed by atoms with Gasteiger partial charge in [-0.1, -0.05) is 158 Å². The number of benzene rings is 3. The molecule has 0 heterocycles. The Balaban J connectivity index is 0.00000144. The minimum absolute atomic E-state index is 0. The van der Waals surface area contributed by atoms with Crippen molar-refractivity contribution in [1.82, 2.24) is 0 Å². The molecule has 1 fully saturated rings.